The molecule has 0 fully saturated rings. The van der Waals surface area contributed by atoms with Crippen molar-refractivity contribution >= 4 is 23.3 Å². The number of nitrogens with zero attached hydrogens (tertiary/aromatic N) is 1. The summed E-state index contributed by atoms with van der Waals surface area (Å²) in [6.07, 6.45) is 10.9. The number of unbranched alkanes of at least 4 members (excludes halogenated alkanes) is 6. The van der Waals surface area contributed by atoms with Gasteiger partial charge in [0.1, 0.15) is 6.61 Å². The molecular weight excluding hydrogens is 540 g/mol. The maximum atomic E-state index is 13.6. The monoisotopic (exact) mass is 590 g/mol. The van der Waals surface area contributed by atoms with E-state index < -0.39 is 18.2 Å². The summed E-state index contributed by atoms with van der Waals surface area (Å²) in [5.74, 6) is -0.944. The summed E-state index contributed by atoms with van der Waals surface area (Å²) < 4.78 is 5.08. The number of esters is 1. The molecule has 0 saturated heterocycles. The quantitative estimate of drug-likeness (QED) is 0.0513. The Morgan fingerprint density at radius 2 is 1.53 bits per heavy atom. The predicted molar refractivity (Wildman–Crippen MR) is 174 cm³/mol. The van der Waals surface area contributed by atoms with E-state index in [4.69, 9.17) is 9.57 Å². The van der Waals surface area contributed by atoms with Gasteiger partial charge in [-0.1, -0.05) is 103 Å². The SMILES string of the molecule is C=CCOC(=O)c1ccc(NC(=O)C(=NOC(O)CCCCCCCCC)c2ccc3c(c2)C(C)(C)CCC3(C)C)cc1. The number of rotatable bonds is 16. The lowest BCUT2D eigenvalue weighted by molar-refractivity contribution is -0.113. The molecule has 3 rings (SSSR count). The van der Waals surface area contributed by atoms with Gasteiger partial charge in [-0.3, -0.25) is 4.79 Å². The number of hydrogen-bond donors (Lipinski definition) is 2. The average Bonchev–Trinajstić information content (AvgIpc) is 2.98. The van der Waals surface area contributed by atoms with Crippen LogP contribution in [0.4, 0.5) is 5.69 Å². The second-order valence-corrected chi connectivity index (χ2v) is 12.9. The van der Waals surface area contributed by atoms with Crippen molar-refractivity contribution in [1.82, 2.24) is 0 Å². The average molecular weight is 591 g/mol. The van der Waals surface area contributed by atoms with E-state index in [1.807, 2.05) is 12.1 Å². The van der Waals surface area contributed by atoms with Crippen molar-refractivity contribution in [3.8, 4) is 0 Å². The van der Waals surface area contributed by atoms with E-state index in [1.54, 1.807) is 24.3 Å². The molecule has 234 valence electrons. The molecule has 1 aliphatic rings. The smallest absolute Gasteiger partial charge is 0.338 e. The van der Waals surface area contributed by atoms with Gasteiger partial charge in [0, 0.05) is 17.7 Å². The van der Waals surface area contributed by atoms with Crippen molar-refractivity contribution in [2.75, 3.05) is 11.9 Å². The van der Waals surface area contributed by atoms with Gasteiger partial charge in [0.05, 0.1) is 5.56 Å². The molecule has 2 aromatic carbocycles. The molecule has 0 bridgehead atoms. The summed E-state index contributed by atoms with van der Waals surface area (Å²) in [4.78, 5) is 31.3. The first-order valence-electron chi connectivity index (χ1n) is 15.7. The van der Waals surface area contributed by atoms with Gasteiger partial charge in [0.2, 0.25) is 6.29 Å². The van der Waals surface area contributed by atoms with E-state index in [2.05, 4.69) is 57.7 Å². The van der Waals surface area contributed by atoms with Crippen LogP contribution < -0.4 is 5.32 Å². The Morgan fingerprint density at radius 1 is 0.930 bits per heavy atom. The first-order chi connectivity index (χ1) is 20.5. The van der Waals surface area contributed by atoms with Crippen LogP contribution in [-0.2, 0) is 25.2 Å². The third kappa shape index (κ3) is 9.78. The molecule has 1 aliphatic carbocycles. The highest BCUT2D eigenvalue weighted by Gasteiger charge is 2.37. The minimum Gasteiger partial charge on any atom is -0.458 e. The molecule has 0 radical (unpaired) electrons. The molecule has 1 atom stereocenters. The molecule has 43 heavy (non-hydrogen) atoms. The maximum absolute atomic E-state index is 13.6. The van der Waals surface area contributed by atoms with Crippen LogP contribution in [0.3, 0.4) is 0 Å². The van der Waals surface area contributed by atoms with Crippen LogP contribution >= 0.6 is 0 Å². The number of nitrogens with one attached hydrogen (secondary N) is 1. The van der Waals surface area contributed by atoms with Gasteiger partial charge >= 0.3 is 5.97 Å². The van der Waals surface area contributed by atoms with Crippen molar-refractivity contribution in [2.45, 2.75) is 116 Å². The second-order valence-electron chi connectivity index (χ2n) is 12.9. The molecule has 0 spiro atoms. The number of benzene rings is 2. The first-order valence-corrected chi connectivity index (χ1v) is 15.7. The fourth-order valence-electron chi connectivity index (χ4n) is 5.50. The van der Waals surface area contributed by atoms with E-state index in [0.717, 1.165) is 32.1 Å². The topological polar surface area (TPSA) is 97.2 Å². The lowest BCUT2D eigenvalue weighted by Gasteiger charge is -2.42. The molecule has 7 nitrogen and oxygen atoms in total. The normalized spacial score (nSPS) is 16.1. The van der Waals surface area contributed by atoms with E-state index in [-0.39, 0.29) is 23.1 Å². The predicted octanol–water partition coefficient (Wildman–Crippen LogP) is 8.20. The minimum absolute atomic E-state index is 0.0285. The second kappa shape index (κ2) is 15.9. The zero-order chi connectivity index (χ0) is 31.5. The number of ether oxygens (including phenoxy) is 1. The van der Waals surface area contributed by atoms with Crippen LogP contribution in [0, 0.1) is 0 Å². The fraction of sp³-hybridized carbons (Fsp3) is 0.528. The molecule has 0 saturated carbocycles. The van der Waals surface area contributed by atoms with Gasteiger partial charge in [-0.05, 0) is 71.6 Å². The number of aliphatic hydroxyl groups is 1. The van der Waals surface area contributed by atoms with Crippen LogP contribution in [0.15, 0.2) is 60.3 Å². The first kappa shape index (κ1) is 34.0. The number of fused-ring (bicyclic) bond motifs is 1. The highest BCUT2D eigenvalue weighted by Crippen LogP contribution is 2.46. The Labute approximate surface area is 257 Å². The Kier molecular flexibility index (Phi) is 12.6. The number of aliphatic hydroxyl groups excluding tert-OH is 1. The molecule has 7 heteroatoms. The summed E-state index contributed by atoms with van der Waals surface area (Å²) >= 11 is 0. The molecular formula is C36H50N2O5. The Bertz CT molecular complexity index is 1260. The minimum atomic E-state index is -1.10. The van der Waals surface area contributed by atoms with Crippen LogP contribution in [0.5, 0.6) is 0 Å². The molecule has 2 N–H and O–H groups in total. The third-order valence-electron chi connectivity index (χ3n) is 8.37. The fourth-order valence-corrected chi connectivity index (χ4v) is 5.50. The molecule has 0 aliphatic heterocycles. The van der Waals surface area contributed by atoms with Crippen molar-refractivity contribution in [3.05, 3.63) is 77.4 Å². The molecule has 1 unspecified atom stereocenters. The van der Waals surface area contributed by atoms with Gasteiger partial charge in [-0.2, -0.15) is 0 Å². The van der Waals surface area contributed by atoms with Gasteiger partial charge in [-0.15, -0.1) is 0 Å². The maximum Gasteiger partial charge on any atom is 0.338 e. The molecule has 0 aromatic heterocycles. The van der Waals surface area contributed by atoms with E-state index in [0.29, 0.717) is 23.2 Å². The number of carbonyl (C=O) groups excluding carboxylic acids is 2. The molecule has 0 heterocycles. The van der Waals surface area contributed by atoms with Gasteiger partial charge < -0.3 is 20.0 Å². The highest BCUT2D eigenvalue weighted by molar-refractivity contribution is 6.48. The lowest BCUT2D eigenvalue weighted by Crippen LogP contribution is -2.34. The summed E-state index contributed by atoms with van der Waals surface area (Å²) in [6, 6.07) is 12.5. The van der Waals surface area contributed by atoms with Crippen LogP contribution in [0.1, 0.15) is 126 Å². The van der Waals surface area contributed by atoms with Crippen molar-refractivity contribution in [3.63, 3.8) is 0 Å². The van der Waals surface area contributed by atoms with Crippen LogP contribution in [0.2, 0.25) is 0 Å². The van der Waals surface area contributed by atoms with Gasteiger partial charge in [0.25, 0.3) is 5.91 Å². The van der Waals surface area contributed by atoms with Crippen molar-refractivity contribution in [2.24, 2.45) is 5.16 Å². The Hall–Kier alpha value is -3.45. The van der Waals surface area contributed by atoms with Crippen molar-refractivity contribution in [1.29, 1.82) is 0 Å². The zero-order valence-electron chi connectivity index (χ0n) is 26.7. The van der Waals surface area contributed by atoms with E-state index >= 15 is 0 Å². The number of oxime groups is 1. The van der Waals surface area contributed by atoms with Gasteiger partial charge in [0.15, 0.2) is 5.71 Å². The molecule has 1 amide bonds. The summed E-state index contributed by atoms with van der Waals surface area (Å²) in [7, 11) is 0. The standard InChI is InChI=1S/C36H50N2O5/c1-7-9-10-11-12-13-14-15-31(39)43-38-32(27-18-21-29-30(25-27)36(5,6)23-22-35(29,3)4)33(40)37-28-19-16-26(17-20-28)34(41)42-24-8-2/h8,16-21,25,31,39H,2,7,9-15,22-24H2,1,3-6H3,(H,37,40). The van der Waals surface area contributed by atoms with Crippen LogP contribution in [-0.4, -0.2) is 35.6 Å². The zero-order valence-corrected chi connectivity index (χ0v) is 26.7. The van der Waals surface area contributed by atoms with Crippen LogP contribution in [0.25, 0.3) is 0 Å². The highest BCUT2D eigenvalue weighted by atomic mass is 16.7. The number of carbonyl (C=O) groups is 2. The summed E-state index contributed by atoms with van der Waals surface area (Å²) in [6.45, 7) is 14.8. The van der Waals surface area contributed by atoms with E-state index in [9.17, 15) is 14.7 Å². The Balaban J connectivity index is 1.80. The van der Waals surface area contributed by atoms with E-state index in [1.165, 1.54) is 42.9 Å². The third-order valence-corrected chi connectivity index (χ3v) is 8.37. The number of anilines is 1. The number of hydrogen-bond acceptors (Lipinski definition) is 6. The number of amides is 1. The Morgan fingerprint density at radius 3 is 2.19 bits per heavy atom. The van der Waals surface area contributed by atoms with Gasteiger partial charge in [-0.25, -0.2) is 4.79 Å². The summed E-state index contributed by atoms with van der Waals surface area (Å²) in [5.41, 5.74) is 3.98. The van der Waals surface area contributed by atoms with Crippen molar-refractivity contribution < 1.29 is 24.3 Å². The molecule has 2 aromatic rings. The largest absolute Gasteiger partial charge is 0.458 e. The summed E-state index contributed by atoms with van der Waals surface area (Å²) in [5, 5.41) is 17.6. The lowest BCUT2D eigenvalue weighted by atomic mass is 9.63.